The fourth-order valence-corrected chi connectivity index (χ4v) is 3.75. The molecule has 0 bridgehead atoms. The molecule has 9 heteroatoms. The maximum Gasteiger partial charge on any atom is 0.410 e. The van der Waals surface area contributed by atoms with E-state index in [-0.39, 0.29) is 31.2 Å². The lowest BCUT2D eigenvalue weighted by atomic mass is 9.98. The molecule has 0 unspecified atom stereocenters. The standard InChI is InChI=1S/C20H27N3O6/c24-16-6-7-17(23(12-16)19(26)27)18(25)21-15-8-10-22(11-9-15)20(28)29-13-14-4-2-1-3-5-14/h1-5,15-17,24H,6-13H2,(H,21,25)(H,26,27)/t16-,17-/m0/s1. The molecule has 2 heterocycles. The average Bonchev–Trinajstić information content (AvgIpc) is 2.73. The Labute approximate surface area is 169 Å². The average molecular weight is 405 g/mol. The minimum absolute atomic E-state index is 0.0564. The number of hydrogen-bond acceptors (Lipinski definition) is 5. The molecule has 0 aliphatic carbocycles. The van der Waals surface area contributed by atoms with Gasteiger partial charge in [0, 0.05) is 19.1 Å². The van der Waals surface area contributed by atoms with Crippen molar-refractivity contribution in [3.8, 4) is 0 Å². The first-order valence-electron chi connectivity index (χ1n) is 9.87. The summed E-state index contributed by atoms with van der Waals surface area (Å²) in [7, 11) is 0. The molecule has 3 rings (SSSR count). The monoisotopic (exact) mass is 405 g/mol. The number of benzene rings is 1. The van der Waals surface area contributed by atoms with Crippen LogP contribution >= 0.6 is 0 Å². The van der Waals surface area contributed by atoms with E-state index in [2.05, 4.69) is 5.32 Å². The number of nitrogens with zero attached hydrogens (tertiary/aromatic N) is 2. The van der Waals surface area contributed by atoms with Gasteiger partial charge in [-0.25, -0.2) is 9.59 Å². The molecular formula is C20H27N3O6. The van der Waals surface area contributed by atoms with E-state index in [9.17, 15) is 24.6 Å². The summed E-state index contributed by atoms with van der Waals surface area (Å²) in [4.78, 5) is 38.8. The smallest absolute Gasteiger partial charge is 0.410 e. The third-order valence-electron chi connectivity index (χ3n) is 5.41. The molecule has 0 radical (unpaired) electrons. The predicted molar refractivity (Wildman–Crippen MR) is 103 cm³/mol. The third-order valence-corrected chi connectivity index (χ3v) is 5.41. The fraction of sp³-hybridized carbons (Fsp3) is 0.550. The van der Waals surface area contributed by atoms with Gasteiger partial charge >= 0.3 is 12.2 Å². The number of hydrogen-bond donors (Lipinski definition) is 3. The zero-order valence-electron chi connectivity index (χ0n) is 16.2. The van der Waals surface area contributed by atoms with E-state index in [1.165, 1.54) is 0 Å². The Hall–Kier alpha value is -2.81. The number of ether oxygens (including phenoxy) is 1. The number of carbonyl (C=O) groups is 3. The van der Waals surface area contributed by atoms with Gasteiger partial charge in [-0.2, -0.15) is 0 Å². The Balaban J connectivity index is 1.43. The molecular weight excluding hydrogens is 378 g/mol. The SMILES string of the molecule is O=C(NC1CCN(C(=O)OCc2ccccc2)CC1)[C@@H]1CC[C@H](O)CN1C(=O)O. The molecule has 1 aromatic rings. The summed E-state index contributed by atoms with van der Waals surface area (Å²) in [5, 5.41) is 21.8. The topological polar surface area (TPSA) is 119 Å². The molecule has 2 fully saturated rings. The second-order valence-electron chi connectivity index (χ2n) is 7.49. The number of nitrogens with one attached hydrogen (secondary N) is 1. The number of piperidine rings is 2. The lowest BCUT2D eigenvalue weighted by Gasteiger charge is -2.37. The zero-order valence-corrected chi connectivity index (χ0v) is 16.2. The van der Waals surface area contributed by atoms with Gasteiger partial charge in [-0.05, 0) is 31.2 Å². The number of amides is 3. The third kappa shape index (κ3) is 5.60. The lowest BCUT2D eigenvalue weighted by molar-refractivity contribution is -0.129. The van der Waals surface area contributed by atoms with Crippen LogP contribution in [0.4, 0.5) is 9.59 Å². The number of likely N-dealkylation sites (tertiary alicyclic amines) is 2. The van der Waals surface area contributed by atoms with Gasteiger partial charge in [0.05, 0.1) is 12.6 Å². The van der Waals surface area contributed by atoms with Crippen molar-refractivity contribution in [2.75, 3.05) is 19.6 Å². The summed E-state index contributed by atoms with van der Waals surface area (Å²) in [6, 6.07) is 8.54. The highest BCUT2D eigenvalue weighted by molar-refractivity contribution is 5.85. The first-order chi connectivity index (χ1) is 13.9. The number of rotatable bonds is 4. The van der Waals surface area contributed by atoms with Crippen molar-refractivity contribution >= 4 is 18.1 Å². The highest BCUT2D eigenvalue weighted by atomic mass is 16.6. The largest absolute Gasteiger partial charge is 0.465 e. The Morgan fingerprint density at radius 3 is 2.41 bits per heavy atom. The van der Waals surface area contributed by atoms with Crippen LogP contribution in [0.15, 0.2) is 30.3 Å². The molecule has 2 aliphatic heterocycles. The van der Waals surface area contributed by atoms with Crippen LogP contribution in [-0.4, -0.2) is 75.9 Å². The first-order valence-corrected chi connectivity index (χ1v) is 9.87. The van der Waals surface area contributed by atoms with Crippen molar-refractivity contribution in [2.45, 2.75) is 50.5 Å². The highest BCUT2D eigenvalue weighted by Crippen LogP contribution is 2.19. The molecule has 2 atom stereocenters. The van der Waals surface area contributed by atoms with Gasteiger partial charge in [-0.1, -0.05) is 30.3 Å². The quantitative estimate of drug-likeness (QED) is 0.697. The van der Waals surface area contributed by atoms with E-state index in [4.69, 9.17) is 4.74 Å². The Morgan fingerprint density at radius 2 is 1.76 bits per heavy atom. The molecule has 2 aliphatic rings. The lowest BCUT2D eigenvalue weighted by Crippen LogP contribution is -2.57. The second kappa shape index (κ2) is 9.60. The molecule has 3 amide bonds. The molecule has 2 saturated heterocycles. The number of β-amino-alcohol motifs (C(OH)–C–C–N with tert-alkyl or cyclic N) is 1. The van der Waals surface area contributed by atoms with Crippen molar-refractivity contribution in [3.63, 3.8) is 0 Å². The number of carboxylic acid groups (broad SMARTS) is 1. The molecule has 3 N–H and O–H groups in total. The summed E-state index contributed by atoms with van der Waals surface area (Å²) in [6.45, 7) is 1.09. The molecule has 0 saturated carbocycles. The number of aliphatic hydroxyl groups is 1. The fourth-order valence-electron chi connectivity index (χ4n) is 3.75. The van der Waals surface area contributed by atoms with E-state index in [0.29, 0.717) is 38.8 Å². The maximum atomic E-state index is 12.6. The van der Waals surface area contributed by atoms with Gasteiger partial charge in [0.2, 0.25) is 5.91 Å². The second-order valence-corrected chi connectivity index (χ2v) is 7.49. The molecule has 0 aromatic heterocycles. The van der Waals surface area contributed by atoms with Gasteiger partial charge in [-0.3, -0.25) is 9.69 Å². The van der Waals surface area contributed by atoms with E-state index >= 15 is 0 Å². The number of aliphatic hydroxyl groups excluding tert-OH is 1. The predicted octanol–water partition coefficient (Wildman–Crippen LogP) is 1.41. The zero-order chi connectivity index (χ0) is 20.8. The Bertz CT molecular complexity index is 720. The van der Waals surface area contributed by atoms with Gasteiger partial charge in [0.15, 0.2) is 0 Å². The normalized spacial score (nSPS) is 22.8. The van der Waals surface area contributed by atoms with Gasteiger partial charge in [-0.15, -0.1) is 0 Å². The van der Waals surface area contributed by atoms with Crippen LogP contribution in [0.25, 0.3) is 0 Å². The van der Waals surface area contributed by atoms with Crippen LogP contribution in [0.3, 0.4) is 0 Å². The van der Waals surface area contributed by atoms with E-state index in [1.807, 2.05) is 30.3 Å². The summed E-state index contributed by atoms with van der Waals surface area (Å²) in [5.41, 5.74) is 0.920. The summed E-state index contributed by atoms with van der Waals surface area (Å²) in [5.74, 6) is -0.343. The molecule has 0 spiro atoms. The van der Waals surface area contributed by atoms with Gasteiger partial charge in [0.25, 0.3) is 0 Å². The van der Waals surface area contributed by atoms with E-state index in [1.54, 1.807) is 4.90 Å². The maximum absolute atomic E-state index is 12.6. The minimum Gasteiger partial charge on any atom is -0.465 e. The Kier molecular flexibility index (Phi) is 6.92. The van der Waals surface area contributed by atoms with Gasteiger partial charge < -0.3 is 25.2 Å². The summed E-state index contributed by atoms with van der Waals surface area (Å²) in [6.07, 6.45) is -0.474. The van der Waals surface area contributed by atoms with Crippen molar-refractivity contribution in [2.24, 2.45) is 0 Å². The van der Waals surface area contributed by atoms with Crippen molar-refractivity contribution in [1.29, 1.82) is 0 Å². The van der Waals surface area contributed by atoms with E-state index in [0.717, 1.165) is 10.5 Å². The van der Waals surface area contributed by atoms with Crippen molar-refractivity contribution < 1.29 is 29.3 Å². The van der Waals surface area contributed by atoms with Crippen LogP contribution in [0.2, 0.25) is 0 Å². The molecule has 29 heavy (non-hydrogen) atoms. The molecule has 9 nitrogen and oxygen atoms in total. The van der Waals surface area contributed by atoms with Crippen LogP contribution < -0.4 is 5.32 Å². The number of carbonyl (C=O) groups excluding carboxylic acids is 2. The minimum atomic E-state index is -1.21. The van der Waals surface area contributed by atoms with Crippen molar-refractivity contribution in [3.05, 3.63) is 35.9 Å². The van der Waals surface area contributed by atoms with Crippen molar-refractivity contribution in [1.82, 2.24) is 15.1 Å². The van der Waals surface area contributed by atoms with Crippen LogP contribution in [0.5, 0.6) is 0 Å². The summed E-state index contributed by atoms with van der Waals surface area (Å²) < 4.78 is 5.33. The first kappa shape index (κ1) is 20.9. The van der Waals surface area contributed by atoms with Crippen LogP contribution in [-0.2, 0) is 16.1 Å². The summed E-state index contributed by atoms with van der Waals surface area (Å²) >= 11 is 0. The van der Waals surface area contributed by atoms with Crippen LogP contribution in [0.1, 0.15) is 31.2 Å². The highest BCUT2D eigenvalue weighted by Gasteiger charge is 2.36. The van der Waals surface area contributed by atoms with Gasteiger partial charge in [0.1, 0.15) is 12.6 Å². The molecule has 1 aromatic carbocycles. The molecule has 158 valence electrons. The van der Waals surface area contributed by atoms with E-state index < -0.39 is 18.2 Å². The van der Waals surface area contributed by atoms with Crippen LogP contribution in [0, 0.1) is 0 Å². The Morgan fingerprint density at radius 1 is 1.07 bits per heavy atom.